The van der Waals surface area contributed by atoms with Crippen molar-refractivity contribution in [1.82, 2.24) is 24.5 Å². The third kappa shape index (κ3) is 9.30. The first-order valence-corrected chi connectivity index (χ1v) is 26.7. The number of aromatic amines is 2. The van der Waals surface area contributed by atoms with E-state index in [-0.39, 0.29) is 21.7 Å². The molecule has 0 saturated carbocycles. The van der Waals surface area contributed by atoms with Gasteiger partial charge in [-0.25, -0.2) is 19.1 Å². The van der Waals surface area contributed by atoms with Crippen LogP contribution in [0.1, 0.15) is 122 Å². The molecule has 0 saturated heterocycles. The van der Waals surface area contributed by atoms with Crippen molar-refractivity contribution in [2.75, 3.05) is 0 Å². The zero-order valence-electron chi connectivity index (χ0n) is 46.2. The van der Waals surface area contributed by atoms with Crippen LogP contribution in [0.25, 0.3) is 102 Å². The van der Waals surface area contributed by atoms with Crippen molar-refractivity contribution in [3.05, 3.63) is 197 Å². The van der Waals surface area contributed by atoms with Gasteiger partial charge in [0.05, 0.1) is 18.4 Å². The van der Waals surface area contributed by atoms with Gasteiger partial charge in [0.25, 0.3) is 0 Å². The van der Waals surface area contributed by atoms with E-state index in [0.29, 0.717) is 6.54 Å². The summed E-state index contributed by atoms with van der Waals surface area (Å²) in [7, 11) is 2.17. The molecule has 6 heterocycles. The van der Waals surface area contributed by atoms with Crippen LogP contribution in [0.5, 0.6) is 0 Å². The van der Waals surface area contributed by atoms with E-state index in [1.54, 1.807) is 0 Å². The van der Waals surface area contributed by atoms with Crippen LogP contribution in [0.2, 0.25) is 0 Å². The first-order valence-electron chi connectivity index (χ1n) is 26.7. The third-order valence-electron chi connectivity index (χ3n) is 15.3. The Morgan fingerprint density at radius 1 is 0.400 bits per heavy atom. The molecule has 2 N–H and O–H groups in total. The van der Waals surface area contributed by atoms with Crippen molar-refractivity contribution in [2.24, 2.45) is 7.05 Å². The molecule has 0 aliphatic carbocycles. The fourth-order valence-corrected chi connectivity index (χ4v) is 10.9. The van der Waals surface area contributed by atoms with Crippen LogP contribution in [0.15, 0.2) is 158 Å². The molecular formula is C69H71N6+. The van der Waals surface area contributed by atoms with Crippen LogP contribution in [-0.4, -0.2) is 24.5 Å². The van der Waals surface area contributed by atoms with Crippen LogP contribution >= 0.6 is 0 Å². The van der Waals surface area contributed by atoms with E-state index < -0.39 is 0 Å². The third-order valence-corrected chi connectivity index (χ3v) is 15.3. The molecule has 0 unspecified atom stereocenters. The summed E-state index contributed by atoms with van der Waals surface area (Å²) in [6.07, 6.45) is 6.65. The summed E-state index contributed by atoms with van der Waals surface area (Å²) in [5, 5.41) is 0. The van der Waals surface area contributed by atoms with Crippen molar-refractivity contribution in [1.29, 1.82) is 0 Å². The lowest BCUT2D eigenvalue weighted by atomic mass is 9.86. The summed E-state index contributed by atoms with van der Waals surface area (Å²) in [6.45, 7) is 27.9. The molecule has 11 rings (SSSR count). The second kappa shape index (κ2) is 18.2. The molecule has 9 aromatic rings. The highest BCUT2D eigenvalue weighted by atomic mass is 15.2. The van der Waals surface area contributed by atoms with Crippen LogP contribution in [-0.2, 0) is 35.3 Å². The lowest BCUT2D eigenvalue weighted by Gasteiger charge is -2.19. The predicted octanol–water partition coefficient (Wildman–Crippen LogP) is 17.4. The number of nitrogens with zero attached hydrogens (tertiary/aromatic N) is 4. The van der Waals surface area contributed by atoms with Crippen LogP contribution in [0.4, 0.5) is 0 Å². The maximum absolute atomic E-state index is 6.02. The molecule has 5 aromatic carbocycles. The average Bonchev–Trinajstić information content (AvgIpc) is 4.29. The Kier molecular flexibility index (Phi) is 12.0. The van der Waals surface area contributed by atoms with Crippen LogP contribution in [0.3, 0.4) is 0 Å². The van der Waals surface area contributed by atoms with Crippen molar-refractivity contribution in [3.8, 4) is 67.3 Å². The average molecular weight is 984 g/mol. The van der Waals surface area contributed by atoms with Gasteiger partial charge in [0.15, 0.2) is 0 Å². The molecule has 0 fully saturated rings. The second-order valence-electron chi connectivity index (χ2n) is 24.9. The van der Waals surface area contributed by atoms with Gasteiger partial charge in [-0.05, 0) is 108 Å². The Bertz CT molecular complexity index is 3830. The maximum atomic E-state index is 6.02. The Balaban J connectivity index is 1.33. The minimum atomic E-state index is -0.0212. The molecule has 0 atom stereocenters. The largest absolute Gasteiger partial charge is 0.354 e. The number of aryl methyl sites for hydroxylation is 1. The van der Waals surface area contributed by atoms with E-state index in [9.17, 15) is 0 Å². The number of hydrogen-bond acceptors (Lipinski definition) is 2. The normalized spacial score (nSPS) is 12.9. The number of imidazole rings is 1. The highest BCUT2D eigenvalue weighted by molar-refractivity contribution is 6.03. The quantitative estimate of drug-likeness (QED) is 0.163. The molecule has 0 spiro atoms. The number of H-pyrrole nitrogens is 2. The summed E-state index contributed by atoms with van der Waals surface area (Å²) in [4.78, 5) is 19.8. The Hall–Kier alpha value is -7.83. The summed E-state index contributed by atoms with van der Waals surface area (Å²) < 4.78 is 4.68. The smallest absolute Gasteiger partial charge is 0.244 e. The first-order chi connectivity index (χ1) is 35.6. The van der Waals surface area contributed by atoms with Crippen molar-refractivity contribution >= 4 is 34.2 Å². The van der Waals surface area contributed by atoms with Gasteiger partial charge in [0, 0.05) is 44.3 Å². The number of nitrogens with one attached hydrogen (secondary N) is 2. The number of rotatable bonds is 6. The molecule has 6 nitrogen and oxygen atoms in total. The molecule has 0 amide bonds. The van der Waals surface area contributed by atoms with Gasteiger partial charge in [0.1, 0.15) is 17.9 Å². The first kappa shape index (κ1) is 49.4. The molecule has 4 aromatic heterocycles. The Labute approximate surface area is 444 Å². The van der Waals surface area contributed by atoms with Crippen molar-refractivity contribution in [2.45, 2.75) is 111 Å². The Morgan fingerprint density at radius 3 is 1.12 bits per heavy atom. The molecule has 2 aliphatic rings. The van der Waals surface area contributed by atoms with Gasteiger partial charge in [-0.3, -0.25) is 0 Å². The maximum Gasteiger partial charge on any atom is 0.244 e. The van der Waals surface area contributed by atoms with Crippen molar-refractivity contribution < 1.29 is 4.57 Å². The van der Waals surface area contributed by atoms with Gasteiger partial charge in [-0.1, -0.05) is 210 Å². The van der Waals surface area contributed by atoms with E-state index in [0.717, 1.165) is 101 Å². The minimum absolute atomic E-state index is 0.00140. The van der Waals surface area contributed by atoms with E-state index in [2.05, 4.69) is 279 Å². The highest BCUT2D eigenvalue weighted by Crippen LogP contribution is 2.47. The van der Waals surface area contributed by atoms with E-state index >= 15 is 0 Å². The van der Waals surface area contributed by atoms with E-state index in [1.807, 2.05) is 0 Å². The molecule has 6 heteroatoms. The second-order valence-corrected chi connectivity index (χ2v) is 24.9. The summed E-state index contributed by atoms with van der Waals surface area (Å²) in [5.41, 5.74) is 24.4. The standard InChI is InChI=1S/C69H71N6/c1-66(2,3)48-27-19-44(20-28-48)58-52-35-36-53(70-52)59(45-21-29-49(30-22-45)67(4,5)6)55-38-40-57(72-55)61(47-25-33-51(34-26-47)69(10,11)12)63-65-64(74(13)42-75(65)41-43-17-15-14-16-18-43)62(73-63)60(56-39-37-54(58)71-56)46-23-31-50(32-24-46)68(7,8)9/h14-40,42,71-72H,41H2,1-13H3/q+1. The zero-order valence-corrected chi connectivity index (χ0v) is 46.2. The molecule has 0 radical (unpaired) electrons. The minimum Gasteiger partial charge on any atom is -0.354 e. The molecule has 75 heavy (non-hydrogen) atoms. The van der Waals surface area contributed by atoms with Gasteiger partial charge < -0.3 is 9.97 Å². The summed E-state index contributed by atoms with van der Waals surface area (Å²) in [6, 6.07) is 56.2. The van der Waals surface area contributed by atoms with E-state index in [1.165, 1.54) is 27.8 Å². The summed E-state index contributed by atoms with van der Waals surface area (Å²) >= 11 is 0. The fourth-order valence-electron chi connectivity index (χ4n) is 10.9. The topological polar surface area (TPSA) is 66.2 Å². The molecular weight excluding hydrogens is 913 g/mol. The molecule has 8 bridgehead atoms. The zero-order chi connectivity index (χ0) is 52.8. The number of hydrogen-bond donors (Lipinski definition) is 2. The van der Waals surface area contributed by atoms with Crippen LogP contribution < -0.4 is 4.57 Å². The number of aromatic nitrogens is 6. The number of benzene rings is 5. The van der Waals surface area contributed by atoms with Crippen molar-refractivity contribution in [3.63, 3.8) is 0 Å². The van der Waals surface area contributed by atoms with Crippen LogP contribution in [0, 0.1) is 0 Å². The molecule has 376 valence electrons. The monoisotopic (exact) mass is 984 g/mol. The van der Waals surface area contributed by atoms with Gasteiger partial charge >= 0.3 is 0 Å². The van der Waals surface area contributed by atoms with Gasteiger partial charge in [-0.2, -0.15) is 0 Å². The highest BCUT2D eigenvalue weighted by Gasteiger charge is 2.37. The van der Waals surface area contributed by atoms with Gasteiger partial charge in [0.2, 0.25) is 17.7 Å². The SMILES string of the molecule is C[n+]1cn(Cc2ccccc2)c2c1-c1nc-2c(-c2ccc(C(C)(C)C)cc2)c2ccc([nH]2)c(-c2ccc(C(C)(C)C)cc2)c2nc(c(-c3ccc(C(C)(C)C)cc3)c3ccc([nH]3)c1-c1ccc(C(C)(C)C)cc1)C=C2. The van der Waals surface area contributed by atoms with Gasteiger partial charge in [-0.15, -0.1) is 0 Å². The van der Waals surface area contributed by atoms with E-state index in [4.69, 9.17) is 9.97 Å². The predicted molar refractivity (Wildman–Crippen MR) is 316 cm³/mol. The number of fused-ring (bicyclic) bond motifs is 11. The lowest BCUT2D eigenvalue weighted by molar-refractivity contribution is -0.660. The molecule has 2 aliphatic heterocycles. The lowest BCUT2D eigenvalue weighted by Crippen LogP contribution is -2.28. The summed E-state index contributed by atoms with van der Waals surface area (Å²) in [5.74, 6) is 0. The Morgan fingerprint density at radius 2 is 0.747 bits per heavy atom. The fraction of sp³-hybridized carbons (Fsp3) is 0.261.